The lowest BCUT2D eigenvalue weighted by atomic mass is 9.97. The number of fused-ring (bicyclic) bond motifs is 1. The first-order valence-corrected chi connectivity index (χ1v) is 9.79. The zero-order chi connectivity index (χ0) is 20.7. The van der Waals surface area contributed by atoms with Crippen molar-refractivity contribution in [2.45, 2.75) is 12.2 Å². The van der Waals surface area contributed by atoms with Gasteiger partial charge in [-0.15, -0.1) is 0 Å². The van der Waals surface area contributed by atoms with Gasteiger partial charge in [0.15, 0.2) is 11.9 Å². The van der Waals surface area contributed by atoms with Crippen molar-refractivity contribution in [1.29, 1.82) is 0 Å². The van der Waals surface area contributed by atoms with Crippen LogP contribution in [0.1, 0.15) is 22.0 Å². The maximum absolute atomic E-state index is 13.5. The van der Waals surface area contributed by atoms with Crippen LogP contribution in [-0.4, -0.2) is 31.1 Å². The minimum atomic E-state index is -0.527. The summed E-state index contributed by atoms with van der Waals surface area (Å²) in [6.07, 6.45) is 1.15. The summed E-state index contributed by atoms with van der Waals surface area (Å²) < 4.78 is 17.0. The van der Waals surface area contributed by atoms with Gasteiger partial charge < -0.3 is 19.2 Å². The van der Waals surface area contributed by atoms with E-state index in [9.17, 15) is 4.79 Å². The molecule has 3 aromatic carbocycles. The van der Waals surface area contributed by atoms with Crippen LogP contribution < -0.4 is 9.47 Å². The maximum Gasteiger partial charge on any atom is 0.200 e. The average Bonchev–Trinajstić information content (AvgIpc) is 3.50. The Labute approximate surface area is 174 Å². The number of nitrogens with one attached hydrogen (secondary N) is 1. The van der Waals surface area contributed by atoms with Crippen molar-refractivity contribution in [2.75, 3.05) is 14.2 Å². The number of carbonyl (C=O) groups excluding carboxylic acids is 1. The molecule has 0 radical (unpaired) electrons. The molecular weight excluding hydrogens is 378 g/mol. The summed E-state index contributed by atoms with van der Waals surface area (Å²) in [6.45, 7) is 0. The molecule has 1 fully saturated rings. The zero-order valence-electron chi connectivity index (χ0n) is 16.7. The lowest BCUT2D eigenvalue weighted by Gasteiger charge is -2.13. The van der Waals surface area contributed by atoms with E-state index in [1.807, 2.05) is 66.9 Å². The third-order valence-electron chi connectivity index (χ3n) is 5.53. The Kier molecular flexibility index (Phi) is 4.52. The summed E-state index contributed by atoms with van der Waals surface area (Å²) in [6, 6.07) is 21.6. The minimum absolute atomic E-state index is 0.102. The third kappa shape index (κ3) is 2.95. The van der Waals surface area contributed by atoms with Gasteiger partial charge in [-0.05, 0) is 11.1 Å². The van der Waals surface area contributed by atoms with Gasteiger partial charge in [-0.25, -0.2) is 0 Å². The molecule has 2 heterocycles. The van der Waals surface area contributed by atoms with E-state index >= 15 is 0 Å². The molecule has 1 aliphatic heterocycles. The lowest BCUT2D eigenvalue weighted by Crippen LogP contribution is -2.11. The molecule has 0 bridgehead atoms. The first-order chi connectivity index (χ1) is 14.7. The monoisotopic (exact) mass is 399 g/mol. The van der Waals surface area contributed by atoms with Crippen molar-refractivity contribution in [2.24, 2.45) is 0 Å². The fraction of sp³-hybridized carbons (Fsp3) is 0.160. The van der Waals surface area contributed by atoms with Crippen molar-refractivity contribution >= 4 is 16.7 Å². The summed E-state index contributed by atoms with van der Waals surface area (Å²) in [5.41, 5.74) is 4.18. The van der Waals surface area contributed by atoms with E-state index in [0.29, 0.717) is 22.6 Å². The van der Waals surface area contributed by atoms with Crippen molar-refractivity contribution in [1.82, 2.24) is 4.98 Å². The number of Topliss-reactive ketones (excluding diaryl/α,β-unsaturated/α-hetero) is 1. The molecular formula is C25H21NO4. The van der Waals surface area contributed by atoms with Crippen molar-refractivity contribution < 1.29 is 19.0 Å². The Morgan fingerprint density at radius 1 is 0.933 bits per heavy atom. The van der Waals surface area contributed by atoms with Gasteiger partial charge in [-0.1, -0.05) is 60.7 Å². The number of aromatic amines is 1. The van der Waals surface area contributed by atoms with Gasteiger partial charge in [-0.2, -0.15) is 0 Å². The predicted octanol–water partition coefficient (Wildman–Crippen LogP) is 5.17. The van der Waals surface area contributed by atoms with Crippen LogP contribution in [0.25, 0.3) is 22.0 Å². The van der Waals surface area contributed by atoms with Gasteiger partial charge in [0.25, 0.3) is 0 Å². The average molecular weight is 399 g/mol. The van der Waals surface area contributed by atoms with Gasteiger partial charge in [0.1, 0.15) is 17.6 Å². The molecule has 0 unspecified atom stereocenters. The highest BCUT2D eigenvalue weighted by atomic mass is 16.6. The maximum atomic E-state index is 13.5. The predicted molar refractivity (Wildman–Crippen MR) is 115 cm³/mol. The molecule has 0 amide bonds. The molecule has 0 saturated carbocycles. The summed E-state index contributed by atoms with van der Waals surface area (Å²) >= 11 is 0. The molecule has 1 aliphatic rings. The van der Waals surface area contributed by atoms with Gasteiger partial charge in [-0.3, -0.25) is 4.79 Å². The van der Waals surface area contributed by atoms with Crippen LogP contribution in [0.2, 0.25) is 0 Å². The topological polar surface area (TPSA) is 63.9 Å². The number of rotatable bonds is 6. The molecule has 5 heteroatoms. The second kappa shape index (κ2) is 7.35. The Balaban J connectivity index is 1.63. The van der Waals surface area contributed by atoms with E-state index in [4.69, 9.17) is 14.2 Å². The SMILES string of the molecule is COc1cc(OC)c2c(-c3ccccc3)c[nH]c2c1C(=O)[C@H]1O[C@@H]1c1ccccc1. The molecule has 0 spiro atoms. The first-order valence-electron chi connectivity index (χ1n) is 9.79. The molecule has 150 valence electrons. The Hall–Kier alpha value is -3.57. The molecule has 5 nitrogen and oxygen atoms in total. The highest BCUT2D eigenvalue weighted by Gasteiger charge is 2.47. The van der Waals surface area contributed by atoms with Crippen LogP contribution in [0.5, 0.6) is 11.5 Å². The van der Waals surface area contributed by atoms with Crippen LogP contribution >= 0.6 is 0 Å². The summed E-state index contributed by atoms with van der Waals surface area (Å²) in [5.74, 6) is 1.01. The van der Waals surface area contributed by atoms with E-state index in [2.05, 4.69) is 4.98 Å². The number of carbonyl (C=O) groups is 1. The van der Waals surface area contributed by atoms with Gasteiger partial charge >= 0.3 is 0 Å². The number of ketones is 1. The van der Waals surface area contributed by atoms with Crippen LogP contribution in [0, 0.1) is 0 Å². The normalized spacial score (nSPS) is 17.7. The van der Waals surface area contributed by atoms with E-state index in [1.54, 1.807) is 20.3 Å². The van der Waals surface area contributed by atoms with Crippen molar-refractivity contribution in [3.05, 3.63) is 84.1 Å². The largest absolute Gasteiger partial charge is 0.496 e. The Bertz CT molecular complexity index is 1210. The van der Waals surface area contributed by atoms with Gasteiger partial charge in [0, 0.05) is 17.8 Å². The molecule has 1 saturated heterocycles. The number of methoxy groups -OCH3 is 2. The second-order valence-corrected chi connectivity index (χ2v) is 7.23. The summed E-state index contributed by atoms with van der Waals surface area (Å²) in [4.78, 5) is 16.8. The highest BCUT2D eigenvalue weighted by Crippen LogP contribution is 2.46. The number of benzene rings is 3. The minimum Gasteiger partial charge on any atom is -0.496 e. The molecule has 5 rings (SSSR count). The highest BCUT2D eigenvalue weighted by molar-refractivity contribution is 6.16. The van der Waals surface area contributed by atoms with E-state index in [-0.39, 0.29) is 11.9 Å². The van der Waals surface area contributed by atoms with E-state index in [1.165, 1.54) is 0 Å². The number of hydrogen-bond donors (Lipinski definition) is 1. The summed E-state index contributed by atoms with van der Waals surface area (Å²) in [7, 11) is 3.17. The Morgan fingerprint density at radius 3 is 2.27 bits per heavy atom. The fourth-order valence-electron chi connectivity index (χ4n) is 4.03. The molecule has 4 aromatic rings. The molecule has 1 aromatic heterocycles. The summed E-state index contributed by atoms with van der Waals surface area (Å²) in [5, 5.41) is 0.852. The number of H-pyrrole nitrogens is 1. The second-order valence-electron chi connectivity index (χ2n) is 7.23. The van der Waals surface area contributed by atoms with Crippen LogP contribution in [0.3, 0.4) is 0 Å². The van der Waals surface area contributed by atoms with Crippen molar-refractivity contribution in [3.63, 3.8) is 0 Å². The molecule has 2 atom stereocenters. The molecule has 1 N–H and O–H groups in total. The smallest absolute Gasteiger partial charge is 0.200 e. The molecule has 30 heavy (non-hydrogen) atoms. The fourth-order valence-corrected chi connectivity index (χ4v) is 4.03. The van der Waals surface area contributed by atoms with Gasteiger partial charge in [0.05, 0.1) is 30.7 Å². The first kappa shape index (κ1) is 18.5. The van der Waals surface area contributed by atoms with Crippen molar-refractivity contribution in [3.8, 4) is 22.6 Å². The van der Waals surface area contributed by atoms with Crippen LogP contribution in [-0.2, 0) is 4.74 Å². The molecule has 0 aliphatic carbocycles. The van der Waals surface area contributed by atoms with Crippen LogP contribution in [0.15, 0.2) is 72.9 Å². The number of hydrogen-bond acceptors (Lipinski definition) is 4. The lowest BCUT2D eigenvalue weighted by molar-refractivity contribution is 0.0952. The van der Waals surface area contributed by atoms with Gasteiger partial charge in [0.2, 0.25) is 0 Å². The number of epoxide rings is 1. The zero-order valence-corrected chi connectivity index (χ0v) is 16.7. The van der Waals surface area contributed by atoms with Crippen LogP contribution in [0.4, 0.5) is 0 Å². The van der Waals surface area contributed by atoms with E-state index in [0.717, 1.165) is 22.1 Å². The van der Waals surface area contributed by atoms with E-state index < -0.39 is 6.10 Å². The Morgan fingerprint density at radius 2 is 1.60 bits per heavy atom. The standard InChI is InChI=1S/C25H21NO4/c1-28-18-13-19(29-2)21(23(27)25-24(30-25)16-11-7-4-8-12-16)22-20(18)17(14-26-22)15-9-5-3-6-10-15/h3-14,24-26H,1-2H3/t24-,25-/m1/s1. The number of ether oxygens (including phenoxy) is 3. The number of aromatic nitrogens is 1. The quantitative estimate of drug-likeness (QED) is 0.359. The third-order valence-corrected chi connectivity index (χ3v) is 5.53.